The van der Waals surface area contributed by atoms with Crippen molar-refractivity contribution in [3.05, 3.63) is 49.6 Å². The van der Waals surface area contributed by atoms with Crippen molar-refractivity contribution < 1.29 is 0 Å². The first-order chi connectivity index (χ1) is 4.81. The molecular formula is C10H16. The highest BCUT2D eigenvalue weighted by Crippen LogP contribution is 1.91. The number of hydrogen-bond donors (Lipinski definition) is 0. The van der Waals surface area contributed by atoms with Crippen LogP contribution in [0.5, 0.6) is 0 Å². The van der Waals surface area contributed by atoms with Crippen molar-refractivity contribution in [1.29, 1.82) is 0 Å². The van der Waals surface area contributed by atoms with Crippen LogP contribution < -0.4 is 0 Å². The van der Waals surface area contributed by atoms with Crippen LogP contribution in [-0.2, 0) is 0 Å². The van der Waals surface area contributed by atoms with Crippen LogP contribution in [0.3, 0.4) is 0 Å². The quantitative estimate of drug-likeness (QED) is 0.402. The molecule has 56 valence electrons. The van der Waals surface area contributed by atoms with Crippen molar-refractivity contribution in [3.8, 4) is 0 Å². The fraction of sp³-hybridized carbons (Fsp3) is 0.200. The van der Waals surface area contributed by atoms with Gasteiger partial charge in [0.25, 0.3) is 0 Å². The van der Waals surface area contributed by atoms with Crippen LogP contribution in [0.1, 0.15) is 13.8 Å². The molecule has 0 atom stereocenters. The minimum Gasteiger partial charge on any atom is -0.106 e. The molecule has 0 radical (unpaired) electrons. The van der Waals surface area contributed by atoms with Crippen LogP contribution in [0.2, 0.25) is 0 Å². The largest absolute Gasteiger partial charge is 0.106 e. The Kier molecular flexibility index (Phi) is 12.7. The second kappa shape index (κ2) is 10.9. The average Bonchev–Trinajstić information content (AvgIpc) is 2.04. The first kappa shape index (κ1) is 11.7. The minimum absolute atomic E-state index is 1.20. The zero-order chi connectivity index (χ0) is 8.41. The Morgan fingerprint density at radius 2 is 1.80 bits per heavy atom. The summed E-state index contributed by atoms with van der Waals surface area (Å²) in [5, 5.41) is 0. The zero-order valence-electron chi connectivity index (χ0n) is 6.93. The monoisotopic (exact) mass is 136 g/mol. The van der Waals surface area contributed by atoms with Crippen LogP contribution in [0, 0.1) is 0 Å². The summed E-state index contributed by atoms with van der Waals surface area (Å²) in [6.45, 7) is 13.6. The number of rotatable bonds is 2. The van der Waals surface area contributed by atoms with E-state index < -0.39 is 0 Å². The Bertz CT molecular complexity index is 127. The van der Waals surface area contributed by atoms with Gasteiger partial charge in [-0.25, -0.2) is 0 Å². The van der Waals surface area contributed by atoms with Gasteiger partial charge in [0.05, 0.1) is 0 Å². The van der Waals surface area contributed by atoms with Gasteiger partial charge in [0.1, 0.15) is 0 Å². The van der Waals surface area contributed by atoms with E-state index in [0.29, 0.717) is 0 Å². The number of allylic oxidation sites excluding steroid dienone is 5. The van der Waals surface area contributed by atoms with Crippen molar-refractivity contribution in [2.45, 2.75) is 13.8 Å². The van der Waals surface area contributed by atoms with Gasteiger partial charge in [0.2, 0.25) is 0 Å². The molecule has 10 heavy (non-hydrogen) atoms. The van der Waals surface area contributed by atoms with Gasteiger partial charge in [-0.1, -0.05) is 36.5 Å². The summed E-state index contributed by atoms with van der Waals surface area (Å²) in [4.78, 5) is 0. The van der Waals surface area contributed by atoms with Gasteiger partial charge >= 0.3 is 0 Å². The first-order valence-corrected chi connectivity index (χ1v) is 3.23. The van der Waals surface area contributed by atoms with Crippen molar-refractivity contribution in [3.63, 3.8) is 0 Å². The van der Waals surface area contributed by atoms with E-state index in [1.807, 2.05) is 38.2 Å². The highest BCUT2D eigenvalue weighted by atomic mass is 13.8. The summed E-state index contributed by atoms with van der Waals surface area (Å²) in [6, 6.07) is 0. The van der Waals surface area contributed by atoms with Gasteiger partial charge in [0.15, 0.2) is 0 Å². The molecule has 0 heterocycles. The van der Waals surface area contributed by atoms with Gasteiger partial charge in [-0.2, -0.15) is 0 Å². The zero-order valence-corrected chi connectivity index (χ0v) is 6.93. The smallest absolute Gasteiger partial charge is 0.0398 e. The third-order valence-electron chi connectivity index (χ3n) is 0.874. The molecule has 0 fully saturated rings. The summed E-state index contributed by atoms with van der Waals surface area (Å²) in [5.74, 6) is 0. The molecular weight excluding hydrogens is 120 g/mol. The lowest BCUT2D eigenvalue weighted by Crippen LogP contribution is -1.60. The van der Waals surface area contributed by atoms with Gasteiger partial charge in [-0.3, -0.25) is 0 Å². The standard InChI is InChI=1S/C8H12.C2H4/c1-4-6-7-8(3)5-2;1-2/h4-7H,2H2,1,3H3;1-2H2/b6-4-,8-7-;. The molecule has 0 spiro atoms. The molecule has 0 saturated carbocycles. The van der Waals surface area contributed by atoms with Crippen LogP contribution >= 0.6 is 0 Å². The molecule has 0 amide bonds. The van der Waals surface area contributed by atoms with Crippen molar-refractivity contribution in [2.75, 3.05) is 0 Å². The van der Waals surface area contributed by atoms with E-state index in [2.05, 4.69) is 19.7 Å². The Balaban J connectivity index is 0. The number of hydrogen-bond acceptors (Lipinski definition) is 0. The van der Waals surface area contributed by atoms with Gasteiger partial charge in [0, 0.05) is 0 Å². The van der Waals surface area contributed by atoms with E-state index >= 15 is 0 Å². The maximum atomic E-state index is 3.61. The predicted molar refractivity (Wildman–Crippen MR) is 50.0 cm³/mol. The van der Waals surface area contributed by atoms with E-state index in [1.54, 1.807) is 0 Å². The van der Waals surface area contributed by atoms with Crippen molar-refractivity contribution in [1.82, 2.24) is 0 Å². The molecule has 0 rings (SSSR count). The Morgan fingerprint density at radius 3 is 2.10 bits per heavy atom. The molecule has 0 aromatic heterocycles. The fourth-order valence-electron chi connectivity index (χ4n) is 0.316. The summed E-state index contributed by atoms with van der Waals surface area (Å²) in [5.41, 5.74) is 1.20. The molecule has 0 N–H and O–H groups in total. The molecule has 0 aromatic rings. The lowest BCUT2D eigenvalue weighted by Gasteiger charge is -1.81. The Morgan fingerprint density at radius 1 is 1.30 bits per heavy atom. The van der Waals surface area contributed by atoms with Crippen molar-refractivity contribution in [2.24, 2.45) is 0 Å². The van der Waals surface area contributed by atoms with E-state index in [9.17, 15) is 0 Å². The molecule has 0 unspecified atom stereocenters. The topological polar surface area (TPSA) is 0 Å². The van der Waals surface area contributed by atoms with E-state index in [0.717, 1.165) is 0 Å². The molecule has 0 heteroatoms. The summed E-state index contributed by atoms with van der Waals surface area (Å²) >= 11 is 0. The fourth-order valence-corrected chi connectivity index (χ4v) is 0.316. The summed E-state index contributed by atoms with van der Waals surface area (Å²) in [7, 11) is 0. The molecule has 0 aliphatic rings. The SMILES string of the molecule is C=C.C=C/C(C)=C\C=C/C. The molecule has 0 aromatic carbocycles. The summed E-state index contributed by atoms with van der Waals surface area (Å²) < 4.78 is 0. The molecule has 0 bridgehead atoms. The summed E-state index contributed by atoms with van der Waals surface area (Å²) in [6.07, 6.45) is 7.84. The van der Waals surface area contributed by atoms with E-state index in [-0.39, 0.29) is 0 Å². The second-order valence-corrected chi connectivity index (χ2v) is 1.64. The third-order valence-corrected chi connectivity index (χ3v) is 0.874. The first-order valence-electron chi connectivity index (χ1n) is 3.23. The van der Waals surface area contributed by atoms with Gasteiger partial charge < -0.3 is 0 Å². The maximum Gasteiger partial charge on any atom is -0.0398 e. The van der Waals surface area contributed by atoms with E-state index in [4.69, 9.17) is 0 Å². The predicted octanol–water partition coefficient (Wildman–Crippen LogP) is 3.50. The van der Waals surface area contributed by atoms with Crippen molar-refractivity contribution >= 4 is 0 Å². The molecule has 0 aliphatic heterocycles. The van der Waals surface area contributed by atoms with Crippen LogP contribution in [-0.4, -0.2) is 0 Å². The van der Waals surface area contributed by atoms with E-state index in [1.165, 1.54) is 5.57 Å². The highest BCUT2D eigenvalue weighted by molar-refractivity contribution is 5.18. The average molecular weight is 136 g/mol. The molecule has 0 saturated heterocycles. The van der Waals surface area contributed by atoms with Gasteiger partial charge in [-0.15, -0.1) is 13.2 Å². The van der Waals surface area contributed by atoms with Crippen LogP contribution in [0.4, 0.5) is 0 Å². The normalized spacial score (nSPS) is 10.4. The second-order valence-electron chi connectivity index (χ2n) is 1.64. The Labute approximate surface area is 64.3 Å². The Hall–Kier alpha value is -1.04. The minimum atomic E-state index is 1.20. The lowest BCUT2D eigenvalue weighted by atomic mass is 10.3. The lowest BCUT2D eigenvalue weighted by molar-refractivity contribution is 1.53. The highest BCUT2D eigenvalue weighted by Gasteiger charge is 1.70. The molecule has 0 nitrogen and oxygen atoms in total. The molecule has 0 aliphatic carbocycles. The van der Waals surface area contributed by atoms with Gasteiger partial charge in [-0.05, 0) is 13.8 Å². The van der Waals surface area contributed by atoms with Crippen LogP contribution in [0.25, 0.3) is 0 Å². The maximum absolute atomic E-state index is 3.61. The van der Waals surface area contributed by atoms with Crippen LogP contribution in [0.15, 0.2) is 49.6 Å². The third kappa shape index (κ3) is 10.0.